The normalized spacial score (nSPS) is 27.0. The van der Waals surface area contributed by atoms with Gasteiger partial charge in [0.05, 0.1) is 10.8 Å². The zero-order valence-electron chi connectivity index (χ0n) is 15.2. The number of amides is 1. The molecule has 0 N–H and O–H groups in total. The highest BCUT2D eigenvalue weighted by atomic mass is 32.2. The molecule has 6 heteroatoms. The van der Waals surface area contributed by atoms with Crippen molar-refractivity contribution in [2.45, 2.75) is 49.7 Å². The molecule has 1 saturated heterocycles. The Labute approximate surface area is 156 Å². The minimum Gasteiger partial charge on any atom is -0.318 e. The van der Waals surface area contributed by atoms with Crippen LogP contribution >= 0.6 is 0 Å². The Morgan fingerprint density at radius 2 is 1.81 bits per heavy atom. The lowest BCUT2D eigenvalue weighted by atomic mass is 9.81. The molecule has 2 aliphatic rings. The summed E-state index contributed by atoms with van der Waals surface area (Å²) in [4.78, 5) is 14.8. The summed E-state index contributed by atoms with van der Waals surface area (Å²) < 4.78 is 28.5. The maximum absolute atomic E-state index is 13.5. The fourth-order valence-corrected chi connectivity index (χ4v) is 5.92. The van der Waals surface area contributed by atoms with Crippen LogP contribution in [0.25, 0.3) is 0 Å². The van der Waals surface area contributed by atoms with Crippen LogP contribution in [0.3, 0.4) is 0 Å². The van der Waals surface area contributed by atoms with E-state index in [1.54, 1.807) is 41.3 Å². The Balaban J connectivity index is 2.10. The molecule has 1 saturated carbocycles. The monoisotopic (exact) mass is 374 g/mol. The zero-order chi connectivity index (χ0) is 18.9. The van der Waals surface area contributed by atoms with E-state index < -0.39 is 16.2 Å². The van der Waals surface area contributed by atoms with E-state index in [0.29, 0.717) is 13.0 Å². The van der Waals surface area contributed by atoms with E-state index in [-0.39, 0.29) is 22.8 Å². The first-order valence-electron chi connectivity index (χ1n) is 9.06. The molecule has 1 aliphatic heterocycles. The lowest BCUT2D eigenvalue weighted by Gasteiger charge is -2.50. The van der Waals surface area contributed by atoms with Crippen molar-refractivity contribution in [1.82, 2.24) is 9.21 Å². The maximum atomic E-state index is 13.5. The lowest BCUT2D eigenvalue weighted by molar-refractivity contribution is -0.149. The fraction of sp³-hybridized carbons (Fsp3) is 0.450. The Bertz CT molecular complexity index is 801. The van der Waals surface area contributed by atoms with Gasteiger partial charge in [0, 0.05) is 12.6 Å². The van der Waals surface area contributed by atoms with Gasteiger partial charge >= 0.3 is 0 Å². The van der Waals surface area contributed by atoms with Crippen molar-refractivity contribution < 1.29 is 13.2 Å². The third-order valence-electron chi connectivity index (χ3n) is 5.37. The minimum absolute atomic E-state index is 0.00913. The molecule has 0 spiro atoms. The Morgan fingerprint density at radius 1 is 1.15 bits per heavy atom. The van der Waals surface area contributed by atoms with Gasteiger partial charge in [0.25, 0.3) is 0 Å². The smallest absolute Gasteiger partial charge is 0.245 e. The van der Waals surface area contributed by atoms with E-state index in [0.717, 1.165) is 24.8 Å². The maximum Gasteiger partial charge on any atom is 0.245 e. The quantitative estimate of drug-likeness (QED) is 0.744. The summed E-state index contributed by atoms with van der Waals surface area (Å²) in [6.07, 6.45) is 5.80. The van der Waals surface area contributed by atoms with Crippen molar-refractivity contribution in [1.29, 1.82) is 0 Å². The second-order valence-electron chi connectivity index (χ2n) is 7.03. The minimum atomic E-state index is -3.75. The van der Waals surface area contributed by atoms with Gasteiger partial charge in [0.2, 0.25) is 15.9 Å². The second kappa shape index (κ2) is 7.37. The topological polar surface area (TPSA) is 57.7 Å². The van der Waals surface area contributed by atoms with Gasteiger partial charge in [-0.1, -0.05) is 49.3 Å². The van der Waals surface area contributed by atoms with Gasteiger partial charge in [0.15, 0.2) is 0 Å². The molecular formula is C20H26N2O3S. The van der Waals surface area contributed by atoms with Crippen LogP contribution in [-0.4, -0.2) is 42.3 Å². The van der Waals surface area contributed by atoms with Crippen molar-refractivity contribution in [2.75, 3.05) is 6.54 Å². The number of benzene rings is 1. The average Bonchev–Trinajstić information content (AvgIpc) is 2.64. The van der Waals surface area contributed by atoms with E-state index in [4.69, 9.17) is 0 Å². The second-order valence-corrected chi connectivity index (χ2v) is 8.88. The van der Waals surface area contributed by atoms with Crippen LogP contribution < -0.4 is 0 Å². The predicted octanol–water partition coefficient (Wildman–Crippen LogP) is 3.08. The molecule has 26 heavy (non-hydrogen) atoms. The number of hydrogen-bond acceptors (Lipinski definition) is 3. The van der Waals surface area contributed by atoms with Crippen LogP contribution in [-0.2, 0) is 14.8 Å². The molecular weight excluding hydrogens is 348 g/mol. The SMILES string of the molecule is C=CCN1C(=O)[C@@H]2CCCC[C@H]2N(S(=O)(=O)c2ccc(C)cc2)[C@@H]1C=C. The molecule has 0 unspecified atom stereocenters. The van der Waals surface area contributed by atoms with Crippen molar-refractivity contribution in [3.05, 3.63) is 55.1 Å². The number of aryl methyl sites for hydroxylation is 1. The van der Waals surface area contributed by atoms with Gasteiger partial charge < -0.3 is 4.90 Å². The first-order chi connectivity index (χ1) is 12.4. The highest BCUT2D eigenvalue weighted by Crippen LogP contribution is 2.39. The summed E-state index contributed by atoms with van der Waals surface area (Å²) in [5, 5.41) is 0. The molecule has 1 amide bonds. The third kappa shape index (κ3) is 3.12. The molecule has 0 radical (unpaired) electrons. The standard InChI is InChI=1S/C20H26N2O3S/c1-4-14-21-19(5-2)22(18-9-7-6-8-17(18)20(21)23)26(24,25)16-12-10-15(3)11-13-16/h4-5,10-13,17-19H,1-2,6-9,14H2,3H3/t17-,18-,19-/m1/s1. The number of hydrogen-bond donors (Lipinski definition) is 0. The highest BCUT2D eigenvalue weighted by Gasteiger charge is 2.51. The largest absolute Gasteiger partial charge is 0.318 e. The number of sulfonamides is 1. The molecule has 140 valence electrons. The van der Waals surface area contributed by atoms with E-state index >= 15 is 0 Å². The third-order valence-corrected chi connectivity index (χ3v) is 7.28. The van der Waals surface area contributed by atoms with Gasteiger partial charge in [0.1, 0.15) is 6.17 Å². The van der Waals surface area contributed by atoms with Crippen LogP contribution in [0.4, 0.5) is 0 Å². The van der Waals surface area contributed by atoms with Gasteiger partial charge in [-0.3, -0.25) is 4.79 Å². The molecule has 0 bridgehead atoms. The van der Waals surface area contributed by atoms with Crippen molar-refractivity contribution in [2.24, 2.45) is 5.92 Å². The fourth-order valence-electron chi connectivity index (χ4n) is 4.10. The lowest BCUT2D eigenvalue weighted by Crippen LogP contribution is -2.65. The summed E-state index contributed by atoms with van der Waals surface area (Å²) in [6, 6.07) is 6.55. The molecule has 5 nitrogen and oxygen atoms in total. The van der Waals surface area contributed by atoms with E-state index in [1.807, 2.05) is 6.92 Å². The summed E-state index contributed by atoms with van der Waals surface area (Å²) in [7, 11) is -3.75. The van der Waals surface area contributed by atoms with Crippen LogP contribution in [0.5, 0.6) is 0 Å². The molecule has 2 fully saturated rings. The first kappa shape index (κ1) is 18.9. The van der Waals surface area contributed by atoms with Crippen LogP contribution in [0.1, 0.15) is 31.2 Å². The van der Waals surface area contributed by atoms with E-state index in [2.05, 4.69) is 13.2 Å². The zero-order valence-corrected chi connectivity index (χ0v) is 16.0. The van der Waals surface area contributed by atoms with Crippen molar-refractivity contribution in [3.63, 3.8) is 0 Å². The Morgan fingerprint density at radius 3 is 2.42 bits per heavy atom. The van der Waals surface area contributed by atoms with E-state index in [9.17, 15) is 13.2 Å². The predicted molar refractivity (Wildman–Crippen MR) is 102 cm³/mol. The van der Waals surface area contributed by atoms with Crippen LogP contribution in [0.15, 0.2) is 54.5 Å². The summed E-state index contributed by atoms with van der Waals surface area (Å²) in [5.74, 6) is -0.282. The van der Waals surface area contributed by atoms with Crippen LogP contribution in [0, 0.1) is 12.8 Å². The molecule has 1 heterocycles. The first-order valence-corrected chi connectivity index (χ1v) is 10.5. The molecule has 1 aromatic carbocycles. The highest BCUT2D eigenvalue weighted by molar-refractivity contribution is 7.89. The number of nitrogens with zero attached hydrogens (tertiary/aromatic N) is 2. The average molecular weight is 375 g/mol. The number of carbonyl (C=O) groups is 1. The van der Waals surface area contributed by atoms with Gasteiger partial charge in [-0.25, -0.2) is 8.42 Å². The summed E-state index contributed by atoms with van der Waals surface area (Å²) in [6.45, 7) is 9.77. The van der Waals surface area contributed by atoms with Gasteiger partial charge in [-0.05, 0) is 31.9 Å². The summed E-state index contributed by atoms with van der Waals surface area (Å²) in [5.41, 5.74) is 1.00. The molecule has 1 aliphatic carbocycles. The number of rotatable bonds is 5. The van der Waals surface area contributed by atoms with Gasteiger partial charge in [-0.2, -0.15) is 4.31 Å². The van der Waals surface area contributed by atoms with E-state index in [1.165, 1.54) is 4.31 Å². The molecule has 3 atom stereocenters. The molecule has 3 rings (SSSR count). The Hall–Kier alpha value is -1.92. The van der Waals surface area contributed by atoms with Crippen LogP contribution in [0.2, 0.25) is 0 Å². The van der Waals surface area contributed by atoms with Crippen molar-refractivity contribution in [3.8, 4) is 0 Å². The number of fused-ring (bicyclic) bond motifs is 1. The van der Waals surface area contributed by atoms with Gasteiger partial charge in [-0.15, -0.1) is 6.58 Å². The summed E-state index contributed by atoms with van der Waals surface area (Å²) >= 11 is 0. The molecule has 1 aromatic rings. The number of carbonyl (C=O) groups excluding carboxylic acids is 1. The molecule has 0 aromatic heterocycles. The van der Waals surface area contributed by atoms with Crippen molar-refractivity contribution >= 4 is 15.9 Å². The Kier molecular flexibility index (Phi) is 5.34.